The van der Waals surface area contributed by atoms with E-state index in [9.17, 15) is 19.2 Å². The summed E-state index contributed by atoms with van der Waals surface area (Å²) in [5.74, 6) is -1.66. The summed E-state index contributed by atoms with van der Waals surface area (Å²) in [4.78, 5) is 57.3. The molecule has 3 amide bonds. The van der Waals surface area contributed by atoms with Crippen molar-refractivity contribution in [2.45, 2.75) is 91.3 Å². The van der Waals surface area contributed by atoms with E-state index in [1.807, 2.05) is 64.4 Å². The maximum Gasteiger partial charge on any atom is 0.303 e. The highest BCUT2D eigenvalue weighted by atomic mass is 32.1. The first-order valence-corrected chi connectivity index (χ1v) is 14.4. The van der Waals surface area contributed by atoms with Gasteiger partial charge in [-0.05, 0) is 56.1 Å². The summed E-state index contributed by atoms with van der Waals surface area (Å²) in [6.07, 6.45) is 2.26. The average Bonchev–Trinajstić information content (AvgIpc) is 3.53. The van der Waals surface area contributed by atoms with Crippen molar-refractivity contribution < 1.29 is 24.3 Å². The van der Waals surface area contributed by atoms with Crippen molar-refractivity contribution in [1.82, 2.24) is 20.5 Å². The van der Waals surface area contributed by atoms with Gasteiger partial charge in [-0.2, -0.15) is 0 Å². The van der Waals surface area contributed by atoms with E-state index in [2.05, 4.69) is 15.6 Å². The number of carboxylic acids is 1. The van der Waals surface area contributed by atoms with Crippen LogP contribution >= 0.6 is 11.3 Å². The number of hydrogen-bond donors (Lipinski definition) is 3. The topological polar surface area (TPSA) is 129 Å². The number of unbranched alkanes of at least 4 members (excludes halogenated alkanes) is 1. The third-order valence-electron chi connectivity index (χ3n) is 7.08. The van der Waals surface area contributed by atoms with Crippen molar-refractivity contribution in [2.75, 3.05) is 6.54 Å². The molecule has 0 saturated carbocycles. The van der Waals surface area contributed by atoms with Crippen LogP contribution in [-0.2, 0) is 19.2 Å². The van der Waals surface area contributed by atoms with Crippen LogP contribution in [0.5, 0.6) is 0 Å². The second-order valence-corrected chi connectivity index (χ2v) is 12.1. The van der Waals surface area contributed by atoms with Gasteiger partial charge in [0.15, 0.2) is 0 Å². The van der Waals surface area contributed by atoms with Gasteiger partial charge >= 0.3 is 5.97 Å². The van der Waals surface area contributed by atoms with Gasteiger partial charge in [-0.25, -0.2) is 4.98 Å². The van der Waals surface area contributed by atoms with E-state index in [0.29, 0.717) is 32.2 Å². The summed E-state index contributed by atoms with van der Waals surface area (Å²) < 4.78 is 0. The number of aromatic nitrogens is 1. The van der Waals surface area contributed by atoms with Crippen molar-refractivity contribution in [3.63, 3.8) is 0 Å². The fourth-order valence-corrected chi connectivity index (χ4v) is 5.62. The van der Waals surface area contributed by atoms with Gasteiger partial charge in [0.25, 0.3) is 0 Å². The van der Waals surface area contributed by atoms with Crippen LogP contribution in [-0.4, -0.2) is 57.3 Å². The number of nitrogens with zero attached hydrogens (tertiary/aromatic N) is 2. The van der Waals surface area contributed by atoms with Crippen LogP contribution in [0.2, 0.25) is 0 Å². The zero-order valence-corrected chi connectivity index (χ0v) is 24.3. The number of thiazole rings is 1. The van der Waals surface area contributed by atoms with Crippen LogP contribution in [0, 0.1) is 12.3 Å². The molecule has 3 unspecified atom stereocenters. The Bertz CT molecular complexity index is 1170. The molecule has 0 aliphatic carbocycles. The van der Waals surface area contributed by atoms with Crippen molar-refractivity contribution in [2.24, 2.45) is 5.41 Å². The molecule has 0 bridgehead atoms. The molecule has 2 heterocycles. The molecular formula is C29H40N4O5S. The molecule has 212 valence electrons. The standard InChI is InChI=1S/C29H40N4O5S/c1-18(20-12-14-21(15-13-20)25-19(2)30-17-39-25)31-27(37)22-9-8-16-33(22)28(38)26(29(3,4)5)32-23(34)10-6-7-11-24(35)36/h12-15,17-18,22,26H,6-11,16H2,1-5H3,(H,31,37)(H,32,34)(H,35,36). The summed E-state index contributed by atoms with van der Waals surface area (Å²) in [6, 6.07) is 6.42. The SMILES string of the molecule is Cc1ncsc1-c1ccc(C(C)NC(=O)C2CCCN2C(=O)C(NC(=O)CCCCC(=O)O)C(C)(C)C)cc1. The van der Waals surface area contributed by atoms with Gasteiger partial charge in [0.1, 0.15) is 12.1 Å². The van der Waals surface area contributed by atoms with Gasteiger partial charge in [-0.1, -0.05) is 45.0 Å². The van der Waals surface area contributed by atoms with E-state index >= 15 is 0 Å². The van der Waals surface area contributed by atoms with E-state index in [0.717, 1.165) is 21.7 Å². The summed E-state index contributed by atoms with van der Waals surface area (Å²) in [5.41, 5.74) is 4.30. The molecule has 1 fully saturated rings. The van der Waals surface area contributed by atoms with Crippen LogP contribution in [0.4, 0.5) is 0 Å². The highest BCUT2D eigenvalue weighted by molar-refractivity contribution is 7.13. The zero-order valence-electron chi connectivity index (χ0n) is 23.5. The number of rotatable bonds is 11. The first-order chi connectivity index (χ1) is 18.4. The number of amides is 3. The number of aliphatic carboxylic acids is 1. The highest BCUT2D eigenvalue weighted by Crippen LogP contribution is 2.29. The second kappa shape index (κ2) is 13.2. The first-order valence-electron chi connectivity index (χ1n) is 13.5. The maximum atomic E-state index is 13.6. The summed E-state index contributed by atoms with van der Waals surface area (Å²) >= 11 is 1.59. The lowest BCUT2D eigenvalue weighted by molar-refractivity contribution is -0.144. The molecule has 1 aliphatic heterocycles. The molecular weight excluding hydrogens is 516 g/mol. The third kappa shape index (κ3) is 8.11. The number of carboxylic acid groups (broad SMARTS) is 1. The number of likely N-dealkylation sites (tertiary alicyclic amines) is 1. The van der Waals surface area contributed by atoms with Gasteiger partial charge in [0, 0.05) is 19.4 Å². The Morgan fingerprint density at radius 1 is 1.10 bits per heavy atom. The van der Waals surface area contributed by atoms with Crippen molar-refractivity contribution in [3.05, 3.63) is 41.0 Å². The maximum absolute atomic E-state index is 13.6. The van der Waals surface area contributed by atoms with Crippen LogP contribution in [0.3, 0.4) is 0 Å². The Hall–Kier alpha value is -3.27. The summed E-state index contributed by atoms with van der Waals surface area (Å²) in [7, 11) is 0. The van der Waals surface area contributed by atoms with Crippen LogP contribution in [0.25, 0.3) is 10.4 Å². The highest BCUT2D eigenvalue weighted by Gasteiger charge is 2.42. The van der Waals surface area contributed by atoms with Gasteiger partial charge in [-0.15, -0.1) is 11.3 Å². The normalized spacial score (nSPS) is 16.9. The van der Waals surface area contributed by atoms with Crippen LogP contribution < -0.4 is 10.6 Å². The Morgan fingerprint density at radius 3 is 2.36 bits per heavy atom. The fourth-order valence-electron chi connectivity index (χ4n) is 4.81. The lowest BCUT2D eigenvalue weighted by Gasteiger charge is -2.35. The Labute approximate surface area is 234 Å². The molecule has 3 rings (SSSR count). The molecule has 3 atom stereocenters. The zero-order chi connectivity index (χ0) is 28.7. The molecule has 0 radical (unpaired) electrons. The molecule has 1 saturated heterocycles. The van der Waals surface area contributed by atoms with Gasteiger partial charge in [-0.3, -0.25) is 19.2 Å². The van der Waals surface area contributed by atoms with Crippen molar-refractivity contribution >= 4 is 35.0 Å². The summed E-state index contributed by atoms with van der Waals surface area (Å²) in [5, 5.41) is 14.7. The molecule has 9 nitrogen and oxygen atoms in total. The smallest absolute Gasteiger partial charge is 0.303 e. The number of nitrogens with one attached hydrogen (secondary N) is 2. The van der Waals surface area contributed by atoms with E-state index in [-0.39, 0.29) is 36.6 Å². The first kappa shape index (κ1) is 30.3. The molecule has 1 aromatic heterocycles. The molecule has 1 aliphatic rings. The lowest BCUT2D eigenvalue weighted by Crippen LogP contribution is -2.57. The fraction of sp³-hybridized carbons (Fsp3) is 0.552. The second-order valence-electron chi connectivity index (χ2n) is 11.3. The van der Waals surface area contributed by atoms with E-state index < -0.39 is 23.5 Å². The van der Waals surface area contributed by atoms with E-state index in [1.54, 1.807) is 16.2 Å². The molecule has 10 heteroatoms. The number of carbonyl (C=O) groups is 4. The van der Waals surface area contributed by atoms with Crippen molar-refractivity contribution in [1.29, 1.82) is 0 Å². The Kier molecular flexibility index (Phi) is 10.2. The molecule has 0 spiro atoms. The predicted molar refractivity (Wildman–Crippen MR) is 151 cm³/mol. The molecule has 39 heavy (non-hydrogen) atoms. The summed E-state index contributed by atoms with van der Waals surface area (Å²) in [6.45, 7) is 10.00. The largest absolute Gasteiger partial charge is 0.481 e. The Balaban J connectivity index is 1.63. The average molecular weight is 557 g/mol. The van der Waals surface area contributed by atoms with E-state index in [1.165, 1.54) is 0 Å². The lowest BCUT2D eigenvalue weighted by atomic mass is 9.85. The Morgan fingerprint density at radius 2 is 1.77 bits per heavy atom. The number of carbonyl (C=O) groups excluding carboxylic acids is 3. The van der Waals surface area contributed by atoms with Gasteiger partial charge < -0.3 is 20.6 Å². The number of benzene rings is 1. The van der Waals surface area contributed by atoms with E-state index in [4.69, 9.17) is 5.11 Å². The molecule has 3 N–H and O–H groups in total. The minimum Gasteiger partial charge on any atom is -0.481 e. The van der Waals surface area contributed by atoms with Crippen LogP contribution in [0.1, 0.15) is 83.5 Å². The minimum atomic E-state index is -0.895. The third-order valence-corrected chi connectivity index (χ3v) is 8.06. The van der Waals surface area contributed by atoms with Gasteiger partial charge in [0.2, 0.25) is 17.7 Å². The van der Waals surface area contributed by atoms with Crippen molar-refractivity contribution in [3.8, 4) is 10.4 Å². The van der Waals surface area contributed by atoms with Gasteiger partial charge in [0.05, 0.1) is 22.1 Å². The number of hydrogen-bond acceptors (Lipinski definition) is 6. The van der Waals surface area contributed by atoms with Crippen LogP contribution in [0.15, 0.2) is 29.8 Å². The molecule has 1 aromatic carbocycles. The minimum absolute atomic E-state index is 0.00777. The number of aryl methyl sites for hydroxylation is 1. The monoisotopic (exact) mass is 556 g/mol. The predicted octanol–water partition coefficient (Wildman–Crippen LogP) is 4.46. The quantitative estimate of drug-likeness (QED) is 0.351. The molecule has 2 aromatic rings.